The molecule has 0 amide bonds. The first kappa shape index (κ1) is 19.6. The Morgan fingerprint density at radius 2 is 2.12 bits per heavy atom. The van der Waals surface area contributed by atoms with E-state index in [1.165, 1.54) is 7.05 Å². The van der Waals surface area contributed by atoms with Gasteiger partial charge in [-0.2, -0.15) is 17.4 Å². The van der Waals surface area contributed by atoms with E-state index in [2.05, 4.69) is 4.72 Å². The number of ether oxygens (including phenoxy) is 2. The highest BCUT2D eigenvalue weighted by Crippen LogP contribution is 2.16. The lowest BCUT2D eigenvalue weighted by Gasteiger charge is -2.17. The van der Waals surface area contributed by atoms with Gasteiger partial charge in [0.2, 0.25) is 0 Å². The second-order valence-corrected chi connectivity index (χ2v) is 7.74. The normalized spacial score (nSPS) is 17.8. The highest BCUT2D eigenvalue weighted by molar-refractivity contribution is 7.87. The van der Waals surface area contributed by atoms with Crippen molar-refractivity contribution in [2.24, 2.45) is 0 Å². The molecule has 1 saturated heterocycles. The SMILES string of the molecule is CN(CCC(=O)O)S(=O)(=O)NCc1ccc(OCC2CCCO2)cc1. The van der Waals surface area contributed by atoms with Crippen molar-refractivity contribution in [3.05, 3.63) is 29.8 Å². The molecule has 1 aliphatic heterocycles. The third-order valence-corrected chi connectivity index (χ3v) is 5.41. The van der Waals surface area contributed by atoms with Crippen molar-refractivity contribution in [2.75, 3.05) is 26.8 Å². The standard InChI is InChI=1S/C16H24N2O6S/c1-18(9-8-16(19)20)25(21,22)17-11-13-4-6-14(7-5-13)24-12-15-3-2-10-23-15/h4-7,15,17H,2-3,8-12H2,1H3,(H,19,20). The molecule has 1 aromatic rings. The number of carbonyl (C=O) groups is 1. The van der Waals surface area contributed by atoms with Crippen molar-refractivity contribution in [3.63, 3.8) is 0 Å². The van der Waals surface area contributed by atoms with Gasteiger partial charge in [0.15, 0.2) is 0 Å². The summed E-state index contributed by atoms with van der Waals surface area (Å²) in [5.74, 6) is -0.332. The van der Waals surface area contributed by atoms with Gasteiger partial charge in [0.25, 0.3) is 10.2 Å². The molecule has 1 heterocycles. The smallest absolute Gasteiger partial charge is 0.304 e. The van der Waals surface area contributed by atoms with Crippen molar-refractivity contribution in [2.45, 2.75) is 31.9 Å². The molecule has 2 rings (SSSR count). The lowest BCUT2D eigenvalue weighted by atomic mass is 10.2. The van der Waals surface area contributed by atoms with Crippen molar-refractivity contribution in [1.29, 1.82) is 0 Å². The summed E-state index contributed by atoms with van der Waals surface area (Å²) in [6.07, 6.45) is 1.98. The number of aliphatic carboxylic acids is 1. The molecule has 0 saturated carbocycles. The first-order chi connectivity index (χ1) is 11.9. The van der Waals surface area contributed by atoms with Gasteiger partial charge in [-0.15, -0.1) is 0 Å². The molecule has 140 valence electrons. The van der Waals surface area contributed by atoms with Crippen molar-refractivity contribution >= 4 is 16.2 Å². The summed E-state index contributed by atoms with van der Waals surface area (Å²) in [5.41, 5.74) is 0.777. The first-order valence-electron chi connectivity index (χ1n) is 8.13. The van der Waals surface area contributed by atoms with E-state index in [9.17, 15) is 13.2 Å². The summed E-state index contributed by atoms with van der Waals surface area (Å²) in [6.45, 7) is 1.33. The predicted molar refractivity (Wildman–Crippen MR) is 91.6 cm³/mol. The van der Waals surface area contributed by atoms with Crippen molar-refractivity contribution in [1.82, 2.24) is 9.03 Å². The van der Waals surface area contributed by atoms with Crippen LogP contribution in [0.3, 0.4) is 0 Å². The van der Waals surface area contributed by atoms with Gasteiger partial charge in [0.05, 0.1) is 12.5 Å². The zero-order valence-corrected chi connectivity index (χ0v) is 15.0. The number of carboxylic acid groups (broad SMARTS) is 1. The molecule has 1 unspecified atom stereocenters. The van der Waals surface area contributed by atoms with Crippen LogP contribution >= 0.6 is 0 Å². The van der Waals surface area contributed by atoms with Gasteiger partial charge < -0.3 is 14.6 Å². The van der Waals surface area contributed by atoms with E-state index >= 15 is 0 Å². The molecule has 0 bridgehead atoms. The van der Waals surface area contributed by atoms with E-state index in [0.29, 0.717) is 12.4 Å². The average Bonchev–Trinajstić information content (AvgIpc) is 3.10. The molecule has 0 radical (unpaired) electrons. The average molecular weight is 372 g/mol. The topological polar surface area (TPSA) is 105 Å². The fraction of sp³-hybridized carbons (Fsp3) is 0.562. The van der Waals surface area contributed by atoms with Crippen molar-refractivity contribution < 1.29 is 27.8 Å². The number of carboxylic acids is 1. The van der Waals surface area contributed by atoms with Gasteiger partial charge in [-0.25, -0.2) is 0 Å². The lowest BCUT2D eigenvalue weighted by molar-refractivity contribution is -0.137. The van der Waals surface area contributed by atoms with Gasteiger partial charge in [-0.05, 0) is 30.5 Å². The molecule has 9 heteroatoms. The number of nitrogens with one attached hydrogen (secondary N) is 1. The third-order valence-electron chi connectivity index (χ3n) is 3.89. The molecule has 8 nitrogen and oxygen atoms in total. The number of benzene rings is 1. The molecule has 1 fully saturated rings. The predicted octanol–water partition coefficient (Wildman–Crippen LogP) is 0.985. The molecule has 1 atom stereocenters. The molecule has 1 aliphatic rings. The van der Waals surface area contributed by atoms with Crippen LogP contribution in [0.1, 0.15) is 24.8 Å². The Kier molecular flexibility index (Phi) is 7.18. The number of hydrogen-bond acceptors (Lipinski definition) is 5. The Bertz CT molecular complexity index is 656. The second kappa shape index (κ2) is 9.14. The molecule has 0 aromatic heterocycles. The van der Waals surface area contributed by atoms with Gasteiger partial charge in [-0.3, -0.25) is 4.79 Å². The zero-order valence-electron chi connectivity index (χ0n) is 14.2. The fourth-order valence-corrected chi connectivity index (χ4v) is 3.23. The van der Waals surface area contributed by atoms with Gasteiger partial charge in [0.1, 0.15) is 12.4 Å². The summed E-state index contributed by atoms with van der Waals surface area (Å²) in [7, 11) is -2.37. The second-order valence-electron chi connectivity index (χ2n) is 5.88. The fourth-order valence-electron chi connectivity index (χ4n) is 2.33. The minimum absolute atomic E-state index is 0.0827. The van der Waals surface area contributed by atoms with E-state index in [1.54, 1.807) is 24.3 Å². The molecule has 1 aromatic carbocycles. The van der Waals surface area contributed by atoms with Gasteiger partial charge >= 0.3 is 5.97 Å². The van der Waals surface area contributed by atoms with Crippen LogP contribution in [-0.2, 0) is 26.3 Å². The summed E-state index contributed by atoms with van der Waals surface area (Å²) in [4.78, 5) is 10.5. The van der Waals surface area contributed by atoms with Crippen LogP contribution in [0.15, 0.2) is 24.3 Å². The van der Waals surface area contributed by atoms with Gasteiger partial charge in [0, 0.05) is 26.7 Å². The molecule has 25 heavy (non-hydrogen) atoms. The molecular weight excluding hydrogens is 348 g/mol. The number of nitrogens with zero attached hydrogens (tertiary/aromatic N) is 1. The molecule has 0 spiro atoms. The summed E-state index contributed by atoms with van der Waals surface area (Å²) >= 11 is 0. The van der Waals surface area contributed by atoms with Crippen LogP contribution in [-0.4, -0.2) is 56.7 Å². The van der Waals surface area contributed by atoms with Crippen LogP contribution < -0.4 is 9.46 Å². The van der Waals surface area contributed by atoms with Crippen LogP contribution in [0.25, 0.3) is 0 Å². The van der Waals surface area contributed by atoms with Gasteiger partial charge in [-0.1, -0.05) is 12.1 Å². The van der Waals surface area contributed by atoms with E-state index in [-0.39, 0.29) is 25.6 Å². The Hall–Kier alpha value is -1.68. The van der Waals surface area contributed by atoms with Crippen LogP contribution in [0.2, 0.25) is 0 Å². The third kappa shape index (κ3) is 6.62. The maximum Gasteiger partial charge on any atom is 0.304 e. The summed E-state index contributed by atoms with van der Waals surface area (Å²) in [6, 6.07) is 7.13. The van der Waals surface area contributed by atoms with E-state index in [1.807, 2.05) is 0 Å². The maximum atomic E-state index is 12.0. The summed E-state index contributed by atoms with van der Waals surface area (Å²) in [5, 5.41) is 8.61. The minimum atomic E-state index is -3.71. The Morgan fingerprint density at radius 1 is 1.40 bits per heavy atom. The molecule has 2 N–H and O–H groups in total. The van der Waals surface area contributed by atoms with E-state index in [0.717, 1.165) is 29.3 Å². The van der Waals surface area contributed by atoms with Crippen LogP contribution in [0, 0.1) is 0 Å². The van der Waals surface area contributed by atoms with Crippen molar-refractivity contribution in [3.8, 4) is 5.75 Å². The first-order valence-corrected chi connectivity index (χ1v) is 9.57. The maximum absolute atomic E-state index is 12.0. The lowest BCUT2D eigenvalue weighted by Crippen LogP contribution is -2.38. The quantitative estimate of drug-likeness (QED) is 0.634. The highest BCUT2D eigenvalue weighted by atomic mass is 32.2. The Labute approximate surface area is 147 Å². The molecular formula is C16H24N2O6S. The summed E-state index contributed by atoms with van der Waals surface area (Å²) < 4.78 is 38.6. The Balaban J connectivity index is 1.78. The van der Waals surface area contributed by atoms with E-state index < -0.39 is 16.2 Å². The van der Waals surface area contributed by atoms with Crippen LogP contribution in [0.4, 0.5) is 0 Å². The number of hydrogen-bond donors (Lipinski definition) is 2. The largest absolute Gasteiger partial charge is 0.491 e. The van der Waals surface area contributed by atoms with Crippen LogP contribution in [0.5, 0.6) is 5.75 Å². The highest BCUT2D eigenvalue weighted by Gasteiger charge is 2.18. The zero-order chi connectivity index (χ0) is 18.3. The van der Waals surface area contributed by atoms with E-state index in [4.69, 9.17) is 14.6 Å². The number of rotatable bonds is 10. The molecule has 0 aliphatic carbocycles. The Morgan fingerprint density at radius 3 is 2.72 bits per heavy atom. The monoisotopic (exact) mass is 372 g/mol. The minimum Gasteiger partial charge on any atom is -0.491 e.